The van der Waals surface area contributed by atoms with Gasteiger partial charge in [0.05, 0.1) is 5.37 Å². The van der Waals surface area contributed by atoms with Crippen LogP contribution >= 0.6 is 11.8 Å². The number of benzene rings is 1. The molecule has 1 aromatic carbocycles. The molecule has 1 heterocycles. The molecule has 0 spiro atoms. The summed E-state index contributed by atoms with van der Waals surface area (Å²) in [6.07, 6.45) is 0. The SMILES string of the molecule is CC(C)(C)c1cc(C2NC(C(=O)O)CS2)cc(C(C)(C)C)c1O. The van der Waals surface area contributed by atoms with Gasteiger partial charge in [-0.15, -0.1) is 11.8 Å². The predicted molar refractivity (Wildman–Crippen MR) is 95.3 cm³/mol. The zero-order valence-corrected chi connectivity index (χ0v) is 15.5. The lowest BCUT2D eigenvalue weighted by atomic mass is 9.78. The van der Waals surface area contributed by atoms with Crippen LogP contribution in [0, 0.1) is 0 Å². The Morgan fingerprint density at radius 3 is 1.96 bits per heavy atom. The second kappa shape index (κ2) is 6.02. The van der Waals surface area contributed by atoms with Gasteiger partial charge >= 0.3 is 5.97 Å². The smallest absolute Gasteiger partial charge is 0.321 e. The van der Waals surface area contributed by atoms with Gasteiger partial charge in [-0.1, -0.05) is 41.5 Å². The van der Waals surface area contributed by atoms with Crippen LogP contribution in [0.15, 0.2) is 12.1 Å². The molecule has 0 aliphatic carbocycles. The number of nitrogens with one attached hydrogen (secondary N) is 1. The van der Waals surface area contributed by atoms with E-state index in [0.29, 0.717) is 11.5 Å². The molecule has 0 bridgehead atoms. The maximum Gasteiger partial charge on any atom is 0.321 e. The van der Waals surface area contributed by atoms with Gasteiger partial charge in [0.1, 0.15) is 11.8 Å². The van der Waals surface area contributed by atoms with Crippen molar-refractivity contribution < 1.29 is 15.0 Å². The number of aliphatic carboxylic acids is 1. The first-order valence-corrected chi connectivity index (χ1v) is 8.94. The minimum Gasteiger partial charge on any atom is -0.507 e. The third-order valence-corrected chi connectivity index (χ3v) is 5.40. The van der Waals surface area contributed by atoms with Gasteiger partial charge in [0, 0.05) is 5.75 Å². The molecule has 23 heavy (non-hydrogen) atoms. The minimum absolute atomic E-state index is 0.0566. The molecule has 1 saturated heterocycles. The average molecular weight is 337 g/mol. The molecule has 4 nitrogen and oxygen atoms in total. The Balaban J connectivity index is 2.51. The molecule has 5 heteroatoms. The molecule has 0 aromatic heterocycles. The maximum atomic E-state index is 11.2. The number of carboxylic acid groups (broad SMARTS) is 1. The number of carbonyl (C=O) groups is 1. The fraction of sp³-hybridized carbons (Fsp3) is 0.611. The van der Waals surface area contributed by atoms with Crippen molar-refractivity contribution in [1.82, 2.24) is 5.32 Å². The van der Waals surface area contributed by atoms with Gasteiger partial charge < -0.3 is 10.2 Å². The van der Waals surface area contributed by atoms with Crippen molar-refractivity contribution in [1.29, 1.82) is 0 Å². The Morgan fingerprint density at radius 2 is 1.61 bits per heavy atom. The summed E-state index contributed by atoms with van der Waals surface area (Å²) in [6.45, 7) is 12.5. The molecular weight excluding hydrogens is 310 g/mol. The molecule has 1 aliphatic rings. The molecule has 128 valence electrons. The van der Waals surface area contributed by atoms with Crippen molar-refractivity contribution in [3.8, 4) is 5.75 Å². The topological polar surface area (TPSA) is 69.6 Å². The maximum absolute atomic E-state index is 11.2. The highest BCUT2D eigenvalue weighted by Crippen LogP contribution is 2.43. The lowest BCUT2D eigenvalue weighted by Crippen LogP contribution is -2.33. The number of phenolic OH excluding ortho intramolecular Hbond substituents is 1. The van der Waals surface area contributed by atoms with Crippen LogP contribution in [0.2, 0.25) is 0 Å². The average Bonchev–Trinajstić information content (AvgIpc) is 2.85. The summed E-state index contributed by atoms with van der Waals surface area (Å²) in [6, 6.07) is 3.51. The van der Waals surface area contributed by atoms with Gasteiger partial charge in [-0.05, 0) is 39.7 Å². The summed E-state index contributed by atoms with van der Waals surface area (Å²) in [5, 5.41) is 23.0. The molecule has 0 amide bonds. The van der Waals surface area contributed by atoms with E-state index < -0.39 is 12.0 Å². The van der Waals surface area contributed by atoms with Crippen LogP contribution < -0.4 is 5.32 Å². The van der Waals surface area contributed by atoms with E-state index in [1.165, 1.54) is 0 Å². The van der Waals surface area contributed by atoms with Crippen LogP contribution in [-0.2, 0) is 15.6 Å². The Labute approximate surface area is 142 Å². The van der Waals surface area contributed by atoms with Crippen LogP contribution in [0.1, 0.15) is 63.6 Å². The number of rotatable bonds is 2. The van der Waals surface area contributed by atoms with Crippen molar-refractivity contribution in [3.05, 3.63) is 28.8 Å². The van der Waals surface area contributed by atoms with Crippen LogP contribution in [-0.4, -0.2) is 28.0 Å². The standard InChI is InChI=1S/C18H27NO3S/c1-17(2,3)11-7-10(8-12(14(11)20)18(4,5)6)15-19-13(9-23-15)16(21)22/h7-8,13,15,19-20H,9H2,1-6H3,(H,21,22). The summed E-state index contributed by atoms with van der Waals surface area (Å²) >= 11 is 1.60. The van der Waals surface area contributed by atoms with Crippen molar-refractivity contribution in [2.24, 2.45) is 0 Å². The van der Waals surface area contributed by atoms with Gasteiger partial charge in [-0.2, -0.15) is 0 Å². The van der Waals surface area contributed by atoms with Crippen molar-refractivity contribution in [2.75, 3.05) is 5.75 Å². The number of aromatic hydroxyl groups is 1. The fourth-order valence-corrected chi connectivity index (χ4v) is 3.97. The molecular formula is C18H27NO3S. The largest absolute Gasteiger partial charge is 0.507 e. The van der Waals surface area contributed by atoms with Crippen LogP contribution in [0.3, 0.4) is 0 Å². The minimum atomic E-state index is -0.814. The lowest BCUT2D eigenvalue weighted by Gasteiger charge is -2.29. The first kappa shape index (κ1) is 18.1. The zero-order valence-electron chi connectivity index (χ0n) is 14.7. The third-order valence-electron chi connectivity index (χ3n) is 4.13. The monoisotopic (exact) mass is 337 g/mol. The van der Waals surface area contributed by atoms with Gasteiger partial charge in [0.15, 0.2) is 0 Å². The van der Waals surface area contributed by atoms with E-state index in [4.69, 9.17) is 0 Å². The van der Waals surface area contributed by atoms with Crippen LogP contribution in [0.5, 0.6) is 5.75 Å². The van der Waals surface area contributed by atoms with E-state index in [1.54, 1.807) is 11.8 Å². The number of carboxylic acids is 1. The Kier molecular flexibility index (Phi) is 4.75. The van der Waals surface area contributed by atoms with Gasteiger partial charge in [0.25, 0.3) is 0 Å². The van der Waals surface area contributed by atoms with Crippen molar-refractivity contribution in [3.63, 3.8) is 0 Å². The fourth-order valence-electron chi connectivity index (χ4n) is 2.76. The molecule has 1 aliphatic heterocycles. The molecule has 1 fully saturated rings. The van der Waals surface area contributed by atoms with E-state index in [0.717, 1.165) is 16.7 Å². The highest BCUT2D eigenvalue weighted by molar-refractivity contribution is 7.99. The highest BCUT2D eigenvalue weighted by Gasteiger charge is 2.33. The summed E-state index contributed by atoms with van der Waals surface area (Å²) in [4.78, 5) is 11.2. The number of hydrogen-bond donors (Lipinski definition) is 3. The zero-order chi connectivity index (χ0) is 17.6. The quantitative estimate of drug-likeness (QED) is 0.766. The predicted octanol–water partition coefficient (Wildman–Crippen LogP) is 3.78. The Morgan fingerprint density at radius 1 is 1.13 bits per heavy atom. The summed E-state index contributed by atoms with van der Waals surface area (Å²) in [5.74, 6) is 0.0914. The normalized spacial score (nSPS) is 22.3. The molecule has 2 atom stereocenters. The molecule has 1 aromatic rings. The van der Waals surface area contributed by atoms with E-state index >= 15 is 0 Å². The first-order valence-electron chi connectivity index (χ1n) is 7.89. The van der Waals surface area contributed by atoms with E-state index in [-0.39, 0.29) is 16.2 Å². The molecule has 3 N–H and O–H groups in total. The first-order chi connectivity index (χ1) is 10.4. The van der Waals surface area contributed by atoms with Crippen molar-refractivity contribution >= 4 is 17.7 Å². The van der Waals surface area contributed by atoms with Gasteiger partial charge in [0.2, 0.25) is 0 Å². The second-order valence-corrected chi connectivity index (χ2v) is 9.37. The van der Waals surface area contributed by atoms with E-state index in [9.17, 15) is 15.0 Å². The number of hydrogen-bond acceptors (Lipinski definition) is 4. The summed E-state index contributed by atoms with van der Waals surface area (Å²) < 4.78 is 0. The van der Waals surface area contributed by atoms with Gasteiger partial charge in [-0.25, -0.2) is 0 Å². The molecule has 0 saturated carbocycles. The van der Waals surface area contributed by atoms with Crippen LogP contribution in [0.25, 0.3) is 0 Å². The second-order valence-electron chi connectivity index (χ2n) is 8.24. The summed E-state index contributed by atoms with van der Waals surface area (Å²) in [5.41, 5.74) is 2.47. The molecule has 2 rings (SSSR count). The van der Waals surface area contributed by atoms with Gasteiger partial charge in [-0.3, -0.25) is 10.1 Å². The number of thioether (sulfide) groups is 1. The Bertz CT molecular complexity index is 579. The van der Waals surface area contributed by atoms with E-state index in [2.05, 4.69) is 46.9 Å². The van der Waals surface area contributed by atoms with Crippen LogP contribution in [0.4, 0.5) is 0 Å². The van der Waals surface area contributed by atoms with Crippen molar-refractivity contribution in [2.45, 2.75) is 63.8 Å². The third kappa shape index (κ3) is 3.83. The molecule has 0 radical (unpaired) electrons. The summed E-state index contributed by atoms with van der Waals surface area (Å²) in [7, 11) is 0. The molecule has 2 unspecified atom stereocenters. The highest BCUT2D eigenvalue weighted by atomic mass is 32.2. The van der Waals surface area contributed by atoms with E-state index in [1.807, 2.05) is 12.1 Å². The Hall–Kier alpha value is -1.20. The number of phenols is 1. The lowest BCUT2D eigenvalue weighted by molar-refractivity contribution is -0.138.